The van der Waals surface area contributed by atoms with Crippen molar-refractivity contribution in [2.75, 3.05) is 23.3 Å². The zero-order chi connectivity index (χ0) is 17.1. The predicted molar refractivity (Wildman–Crippen MR) is 92.2 cm³/mol. The fraction of sp³-hybridized carbons (Fsp3) is 0.294. The van der Waals surface area contributed by atoms with Gasteiger partial charge in [0.2, 0.25) is 5.82 Å². The number of hydrogen-bond acceptors (Lipinski definition) is 8. The molecule has 1 aromatic carbocycles. The molecule has 3 aromatic rings. The van der Waals surface area contributed by atoms with Crippen molar-refractivity contribution in [3.8, 4) is 5.69 Å². The summed E-state index contributed by atoms with van der Waals surface area (Å²) in [6.07, 6.45) is 5.47. The maximum atomic E-state index is 5.65. The number of imidazole rings is 1. The van der Waals surface area contributed by atoms with E-state index in [2.05, 4.69) is 27.3 Å². The van der Waals surface area contributed by atoms with Crippen LogP contribution in [0.5, 0.6) is 0 Å². The van der Waals surface area contributed by atoms with Crippen LogP contribution in [0.25, 0.3) is 5.69 Å². The number of amidine groups is 1. The first kappa shape index (κ1) is 14.0. The minimum atomic E-state index is -0.0805. The van der Waals surface area contributed by atoms with Crippen LogP contribution < -0.4 is 10.0 Å². The lowest BCUT2D eigenvalue weighted by molar-refractivity contribution is 0.103. The number of benzene rings is 1. The largest absolute Gasteiger partial charge is 0.370 e. The van der Waals surface area contributed by atoms with Crippen molar-refractivity contribution in [3.63, 3.8) is 0 Å². The Morgan fingerprint density at radius 2 is 2.15 bits per heavy atom. The highest BCUT2D eigenvalue weighted by molar-refractivity contribution is 6.16. The van der Waals surface area contributed by atoms with Gasteiger partial charge in [-0.2, -0.15) is 4.98 Å². The van der Waals surface area contributed by atoms with Crippen LogP contribution in [-0.4, -0.2) is 38.8 Å². The molecule has 26 heavy (non-hydrogen) atoms. The third-order valence-electron chi connectivity index (χ3n) is 4.91. The molecule has 0 radical (unpaired) electrons. The first-order valence-electron chi connectivity index (χ1n) is 8.59. The molecule has 0 N–H and O–H groups in total. The Morgan fingerprint density at radius 3 is 3.08 bits per heavy atom. The molecular weight excluding hydrogens is 334 g/mol. The van der Waals surface area contributed by atoms with Gasteiger partial charge < -0.3 is 9.26 Å². The van der Waals surface area contributed by atoms with E-state index in [1.807, 2.05) is 26.7 Å². The number of aliphatic imine (C=N–C) groups is 1. The summed E-state index contributed by atoms with van der Waals surface area (Å²) in [7, 11) is 0. The van der Waals surface area contributed by atoms with Gasteiger partial charge in [-0.1, -0.05) is 17.3 Å². The van der Waals surface area contributed by atoms with E-state index < -0.39 is 0 Å². The molecule has 0 amide bonds. The molecule has 9 nitrogen and oxygen atoms in total. The minimum absolute atomic E-state index is 0.0805. The smallest absolute Gasteiger partial charge is 0.345 e. The number of nitrogens with zero attached hydrogens (tertiary/aromatic N) is 7. The maximum Gasteiger partial charge on any atom is 0.345 e. The number of hydrazine groups is 1. The van der Waals surface area contributed by atoms with Gasteiger partial charge in [0, 0.05) is 12.2 Å². The summed E-state index contributed by atoms with van der Waals surface area (Å²) in [6, 6.07) is 8.54. The molecule has 3 aliphatic heterocycles. The monoisotopic (exact) mass is 349 g/mol. The van der Waals surface area contributed by atoms with Crippen molar-refractivity contribution < 1.29 is 9.26 Å². The number of rotatable bonds is 2. The van der Waals surface area contributed by atoms with E-state index in [9.17, 15) is 0 Å². The van der Waals surface area contributed by atoms with Gasteiger partial charge in [0.05, 0.1) is 11.9 Å². The van der Waals surface area contributed by atoms with Crippen LogP contribution in [0.3, 0.4) is 0 Å². The van der Waals surface area contributed by atoms with E-state index in [0.717, 1.165) is 42.4 Å². The van der Waals surface area contributed by atoms with Gasteiger partial charge >= 0.3 is 6.01 Å². The molecular formula is C17H15N7O2. The number of ether oxygens (including phenoxy) is 1. The second-order valence-corrected chi connectivity index (χ2v) is 6.41. The van der Waals surface area contributed by atoms with Gasteiger partial charge in [-0.15, -0.1) is 0 Å². The second-order valence-electron chi connectivity index (χ2n) is 6.41. The van der Waals surface area contributed by atoms with E-state index in [4.69, 9.17) is 14.3 Å². The highest BCUT2D eigenvalue weighted by Crippen LogP contribution is 2.36. The second kappa shape index (κ2) is 5.15. The third kappa shape index (κ3) is 1.83. The Morgan fingerprint density at radius 1 is 1.19 bits per heavy atom. The molecule has 0 aliphatic carbocycles. The standard InChI is InChI=1S/C17H15N7O2/c1-2-5-12-11(4-1)16-19-10-23(24(16)14-8-18-9-22(12)14)17-20-15(21-26-17)13-6-3-7-25-13/h1-2,4-5,8-9,13H,3,6-7,10H2. The van der Waals surface area contributed by atoms with Gasteiger partial charge in [-0.25, -0.2) is 20.0 Å². The molecule has 1 fully saturated rings. The highest BCUT2D eigenvalue weighted by atomic mass is 16.5. The maximum absolute atomic E-state index is 5.65. The molecule has 5 heterocycles. The number of aromatic nitrogens is 4. The predicted octanol–water partition coefficient (Wildman–Crippen LogP) is 2.07. The molecule has 3 aliphatic rings. The van der Waals surface area contributed by atoms with Crippen molar-refractivity contribution in [2.24, 2.45) is 4.99 Å². The van der Waals surface area contributed by atoms with Crippen LogP contribution in [0.15, 0.2) is 46.3 Å². The lowest BCUT2D eigenvalue weighted by Gasteiger charge is -2.32. The molecule has 0 saturated carbocycles. The first-order valence-corrected chi connectivity index (χ1v) is 8.59. The highest BCUT2D eigenvalue weighted by Gasteiger charge is 2.38. The molecule has 6 rings (SSSR count). The molecule has 1 unspecified atom stereocenters. The Labute approximate surface area is 148 Å². The van der Waals surface area contributed by atoms with Gasteiger partial charge in [-0.05, 0) is 25.0 Å². The van der Waals surface area contributed by atoms with Crippen LogP contribution >= 0.6 is 0 Å². The van der Waals surface area contributed by atoms with Crippen LogP contribution in [0.1, 0.15) is 30.3 Å². The molecule has 1 saturated heterocycles. The summed E-state index contributed by atoms with van der Waals surface area (Å²) in [5.41, 5.74) is 2.10. The van der Waals surface area contributed by atoms with E-state index in [-0.39, 0.29) is 6.10 Å². The normalized spacial score (nSPS) is 20.8. The summed E-state index contributed by atoms with van der Waals surface area (Å²) >= 11 is 0. The SMILES string of the molecule is c1ccc2c(c1)C1=NCN(c3nc(C4CCCO4)no3)N1c1cncn1-2. The molecule has 2 aromatic heterocycles. The number of hydrogen-bond donors (Lipinski definition) is 0. The minimum Gasteiger partial charge on any atom is -0.370 e. The van der Waals surface area contributed by atoms with E-state index in [0.29, 0.717) is 18.5 Å². The Hall–Kier alpha value is -3.20. The summed E-state index contributed by atoms with van der Waals surface area (Å²) in [5, 5.41) is 7.96. The summed E-state index contributed by atoms with van der Waals surface area (Å²) in [6.45, 7) is 1.15. The van der Waals surface area contributed by atoms with Crippen LogP contribution in [0, 0.1) is 0 Å². The summed E-state index contributed by atoms with van der Waals surface area (Å²) in [5.74, 6) is 2.33. The Balaban J connectivity index is 1.42. The first-order chi connectivity index (χ1) is 12.9. The zero-order valence-corrected chi connectivity index (χ0v) is 13.8. The van der Waals surface area contributed by atoms with Gasteiger partial charge in [0.1, 0.15) is 19.1 Å². The summed E-state index contributed by atoms with van der Waals surface area (Å²) in [4.78, 5) is 13.6. The average Bonchev–Trinajstić information content (AvgIpc) is 3.47. The van der Waals surface area contributed by atoms with Crippen LogP contribution in [0.2, 0.25) is 0 Å². The van der Waals surface area contributed by atoms with Crippen molar-refractivity contribution in [1.82, 2.24) is 19.7 Å². The Kier molecular flexibility index (Phi) is 2.78. The average molecular weight is 349 g/mol. The van der Waals surface area contributed by atoms with E-state index in [1.165, 1.54) is 0 Å². The van der Waals surface area contributed by atoms with Crippen molar-refractivity contribution in [1.29, 1.82) is 0 Å². The molecule has 0 spiro atoms. The zero-order valence-electron chi connectivity index (χ0n) is 13.8. The third-order valence-corrected chi connectivity index (χ3v) is 4.91. The fourth-order valence-corrected chi connectivity index (χ4v) is 3.70. The number of anilines is 2. The van der Waals surface area contributed by atoms with E-state index >= 15 is 0 Å². The summed E-state index contributed by atoms with van der Waals surface area (Å²) < 4.78 is 13.2. The lowest BCUT2D eigenvalue weighted by Crippen LogP contribution is -2.45. The number of fused-ring (bicyclic) bond motifs is 6. The quantitative estimate of drug-likeness (QED) is 0.700. The van der Waals surface area contributed by atoms with Crippen molar-refractivity contribution in [2.45, 2.75) is 18.9 Å². The molecule has 130 valence electrons. The topological polar surface area (TPSA) is 84.8 Å². The Bertz CT molecular complexity index is 1020. The van der Waals surface area contributed by atoms with Gasteiger partial charge in [0.15, 0.2) is 11.7 Å². The fourth-order valence-electron chi connectivity index (χ4n) is 3.70. The molecule has 9 heteroatoms. The van der Waals surface area contributed by atoms with Gasteiger partial charge in [0.25, 0.3) is 0 Å². The lowest BCUT2D eigenvalue weighted by atomic mass is 10.1. The molecule has 1 atom stereocenters. The van der Waals surface area contributed by atoms with Crippen LogP contribution in [0.4, 0.5) is 11.8 Å². The van der Waals surface area contributed by atoms with Gasteiger partial charge in [-0.3, -0.25) is 4.57 Å². The van der Waals surface area contributed by atoms with E-state index in [1.54, 1.807) is 12.5 Å². The van der Waals surface area contributed by atoms with Crippen molar-refractivity contribution >= 4 is 17.7 Å². The number of para-hydroxylation sites is 1. The molecule has 0 bridgehead atoms. The van der Waals surface area contributed by atoms with Crippen molar-refractivity contribution in [3.05, 3.63) is 48.2 Å². The van der Waals surface area contributed by atoms with Crippen LogP contribution in [-0.2, 0) is 4.74 Å².